The third kappa shape index (κ3) is 2.75. The molecule has 8 heteroatoms. The van der Waals surface area contributed by atoms with E-state index in [4.69, 9.17) is 0 Å². The van der Waals surface area contributed by atoms with Crippen molar-refractivity contribution >= 4 is 32.6 Å². The summed E-state index contributed by atoms with van der Waals surface area (Å²) in [5, 5.41) is 3.29. The Labute approximate surface area is 128 Å². The molecule has 22 heavy (non-hydrogen) atoms. The van der Waals surface area contributed by atoms with E-state index < -0.39 is 11.7 Å². The minimum Gasteiger partial charge on any atom is -0.359 e. The number of hydrogen-bond acceptors (Lipinski definition) is 4. The molecular formula is C14H14F3N3OS. The number of thiazole rings is 1. The fraction of sp³-hybridized carbons (Fsp3) is 0.429. The van der Waals surface area contributed by atoms with Crippen LogP contribution in [0, 0.1) is 5.92 Å². The fourth-order valence-electron chi connectivity index (χ4n) is 2.58. The third-order valence-electron chi connectivity index (χ3n) is 3.78. The van der Waals surface area contributed by atoms with E-state index >= 15 is 0 Å². The number of rotatable bonds is 2. The molecule has 3 rings (SSSR count). The first-order chi connectivity index (χ1) is 10.4. The van der Waals surface area contributed by atoms with Crippen LogP contribution in [-0.2, 0) is 11.0 Å². The minimum absolute atomic E-state index is 0.0111. The van der Waals surface area contributed by atoms with E-state index in [-0.39, 0.29) is 11.8 Å². The molecule has 1 atom stereocenters. The summed E-state index contributed by atoms with van der Waals surface area (Å²) in [4.78, 5) is 17.9. The number of carbonyl (C=O) groups is 1. The number of nitrogens with one attached hydrogen (secondary N) is 1. The van der Waals surface area contributed by atoms with Gasteiger partial charge in [-0.2, -0.15) is 13.2 Å². The summed E-state index contributed by atoms with van der Waals surface area (Å²) in [6.45, 7) is 1.23. The highest BCUT2D eigenvalue weighted by Gasteiger charge is 2.32. The van der Waals surface area contributed by atoms with Crippen molar-refractivity contribution in [3.8, 4) is 0 Å². The molecule has 2 heterocycles. The maximum absolute atomic E-state index is 12.7. The summed E-state index contributed by atoms with van der Waals surface area (Å²) in [5.41, 5.74) is -0.347. The van der Waals surface area contributed by atoms with Gasteiger partial charge in [-0.3, -0.25) is 4.79 Å². The number of aromatic nitrogens is 1. The van der Waals surface area contributed by atoms with Gasteiger partial charge in [-0.15, -0.1) is 0 Å². The quantitative estimate of drug-likeness (QED) is 0.921. The fourth-order valence-corrected chi connectivity index (χ4v) is 3.56. The zero-order valence-corrected chi connectivity index (χ0v) is 12.6. The van der Waals surface area contributed by atoms with Gasteiger partial charge in [0, 0.05) is 20.1 Å². The minimum atomic E-state index is -4.37. The van der Waals surface area contributed by atoms with E-state index in [1.807, 2.05) is 4.90 Å². The van der Waals surface area contributed by atoms with Gasteiger partial charge in [-0.1, -0.05) is 11.3 Å². The number of benzene rings is 1. The van der Waals surface area contributed by atoms with Crippen LogP contribution in [0.15, 0.2) is 18.2 Å². The molecule has 0 aliphatic carbocycles. The number of nitrogens with zero attached hydrogens (tertiary/aromatic N) is 2. The first-order valence-corrected chi connectivity index (χ1v) is 7.64. The predicted molar refractivity (Wildman–Crippen MR) is 79.0 cm³/mol. The summed E-state index contributed by atoms with van der Waals surface area (Å²) in [6, 6.07) is 3.59. The standard InChI is InChI=1S/C14H14F3N3OS/c1-18-12(21)8-4-5-20(7-8)13-19-10-6-9(14(15,16)17)2-3-11(10)22-13/h2-3,6,8H,4-5,7H2,1H3,(H,18,21). The van der Waals surface area contributed by atoms with Crippen molar-refractivity contribution in [2.45, 2.75) is 12.6 Å². The maximum atomic E-state index is 12.7. The Morgan fingerprint density at radius 3 is 2.91 bits per heavy atom. The monoisotopic (exact) mass is 329 g/mol. The van der Waals surface area contributed by atoms with Crippen LogP contribution >= 0.6 is 11.3 Å². The van der Waals surface area contributed by atoms with Crippen LogP contribution in [0.1, 0.15) is 12.0 Å². The van der Waals surface area contributed by atoms with Crippen molar-refractivity contribution in [3.05, 3.63) is 23.8 Å². The molecule has 1 N–H and O–H groups in total. The first kappa shape index (κ1) is 15.1. The normalized spacial score (nSPS) is 18.9. The molecule has 118 valence electrons. The molecule has 2 aromatic rings. The number of halogens is 3. The largest absolute Gasteiger partial charge is 0.416 e. The van der Waals surface area contributed by atoms with Crippen LogP contribution in [0.3, 0.4) is 0 Å². The zero-order chi connectivity index (χ0) is 15.9. The lowest BCUT2D eigenvalue weighted by Crippen LogP contribution is -2.30. The van der Waals surface area contributed by atoms with Crippen LogP contribution in [0.4, 0.5) is 18.3 Å². The van der Waals surface area contributed by atoms with Crippen LogP contribution < -0.4 is 10.2 Å². The summed E-state index contributed by atoms with van der Waals surface area (Å²) in [7, 11) is 1.60. The molecule has 0 saturated carbocycles. The Hall–Kier alpha value is -1.83. The van der Waals surface area contributed by atoms with E-state index in [9.17, 15) is 18.0 Å². The van der Waals surface area contributed by atoms with E-state index in [1.54, 1.807) is 7.05 Å². The van der Waals surface area contributed by atoms with Gasteiger partial charge in [0.15, 0.2) is 5.13 Å². The van der Waals surface area contributed by atoms with Crippen LogP contribution in [0.2, 0.25) is 0 Å². The molecule has 1 aliphatic heterocycles. The average molecular weight is 329 g/mol. The van der Waals surface area contributed by atoms with Gasteiger partial charge >= 0.3 is 6.18 Å². The highest BCUT2D eigenvalue weighted by Crippen LogP contribution is 2.36. The number of hydrogen-bond donors (Lipinski definition) is 1. The van der Waals surface area contributed by atoms with Crippen molar-refractivity contribution in [3.63, 3.8) is 0 Å². The molecule has 1 saturated heterocycles. The lowest BCUT2D eigenvalue weighted by Gasteiger charge is -2.13. The van der Waals surface area contributed by atoms with E-state index in [0.29, 0.717) is 28.4 Å². The lowest BCUT2D eigenvalue weighted by molar-refractivity contribution is -0.137. The van der Waals surface area contributed by atoms with Crippen molar-refractivity contribution in [2.24, 2.45) is 5.92 Å². The summed E-state index contributed by atoms with van der Waals surface area (Å²) < 4.78 is 38.9. The van der Waals surface area contributed by atoms with Gasteiger partial charge in [0.25, 0.3) is 0 Å². The lowest BCUT2D eigenvalue weighted by atomic mass is 10.1. The summed E-state index contributed by atoms with van der Waals surface area (Å²) in [6.07, 6.45) is -3.64. The maximum Gasteiger partial charge on any atom is 0.416 e. The Morgan fingerprint density at radius 1 is 1.45 bits per heavy atom. The molecule has 1 aliphatic rings. The molecule has 1 unspecified atom stereocenters. The van der Waals surface area contributed by atoms with Gasteiger partial charge in [0.2, 0.25) is 5.91 Å². The molecule has 4 nitrogen and oxygen atoms in total. The van der Waals surface area contributed by atoms with E-state index in [1.165, 1.54) is 17.4 Å². The number of fused-ring (bicyclic) bond motifs is 1. The predicted octanol–water partition coefficient (Wildman–Crippen LogP) is 2.89. The molecule has 1 fully saturated rings. The average Bonchev–Trinajstić information content (AvgIpc) is 3.10. The van der Waals surface area contributed by atoms with Crippen LogP contribution in [0.25, 0.3) is 10.2 Å². The van der Waals surface area contributed by atoms with Gasteiger partial charge in [0.05, 0.1) is 21.7 Å². The smallest absolute Gasteiger partial charge is 0.359 e. The molecule has 1 aromatic heterocycles. The number of carbonyl (C=O) groups excluding carboxylic acids is 1. The second-order valence-corrected chi connectivity index (χ2v) is 6.23. The van der Waals surface area contributed by atoms with Crippen LogP contribution in [0.5, 0.6) is 0 Å². The highest BCUT2D eigenvalue weighted by molar-refractivity contribution is 7.22. The van der Waals surface area contributed by atoms with Gasteiger partial charge in [-0.05, 0) is 24.6 Å². The second kappa shape index (κ2) is 5.42. The van der Waals surface area contributed by atoms with Gasteiger partial charge < -0.3 is 10.2 Å². The first-order valence-electron chi connectivity index (χ1n) is 6.83. The summed E-state index contributed by atoms with van der Waals surface area (Å²) >= 11 is 1.35. The number of amides is 1. The summed E-state index contributed by atoms with van der Waals surface area (Å²) in [5.74, 6) is -0.106. The Bertz CT molecular complexity index is 713. The molecule has 0 spiro atoms. The van der Waals surface area contributed by atoms with E-state index in [2.05, 4.69) is 10.3 Å². The molecule has 0 bridgehead atoms. The van der Waals surface area contributed by atoms with Crippen molar-refractivity contribution in [1.29, 1.82) is 0 Å². The Morgan fingerprint density at radius 2 is 2.23 bits per heavy atom. The molecule has 0 radical (unpaired) electrons. The van der Waals surface area contributed by atoms with Gasteiger partial charge in [-0.25, -0.2) is 4.98 Å². The van der Waals surface area contributed by atoms with Crippen molar-refractivity contribution < 1.29 is 18.0 Å². The highest BCUT2D eigenvalue weighted by atomic mass is 32.1. The third-order valence-corrected chi connectivity index (χ3v) is 4.88. The SMILES string of the molecule is CNC(=O)C1CCN(c2nc3cc(C(F)(F)F)ccc3s2)C1. The topological polar surface area (TPSA) is 45.2 Å². The van der Waals surface area contributed by atoms with Crippen molar-refractivity contribution in [1.82, 2.24) is 10.3 Å². The van der Waals surface area contributed by atoms with Gasteiger partial charge in [0.1, 0.15) is 0 Å². The number of alkyl halides is 3. The van der Waals surface area contributed by atoms with E-state index in [0.717, 1.165) is 18.6 Å². The second-order valence-electron chi connectivity index (χ2n) is 5.22. The van der Waals surface area contributed by atoms with Crippen molar-refractivity contribution in [2.75, 3.05) is 25.0 Å². The molecule has 1 aromatic carbocycles. The molecule has 1 amide bonds. The number of anilines is 1. The van der Waals surface area contributed by atoms with Crippen LogP contribution in [-0.4, -0.2) is 31.0 Å². The zero-order valence-electron chi connectivity index (χ0n) is 11.8. The Kier molecular flexibility index (Phi) is 3.72. The Balaban J connectivity index is 1.85. The molecular weight excluding hydrogens is 315 g/mol.